The summed E-state index contributed by atoms with van der Waals surface area (Å²) in [5, 5.41) is 0. The van der Waals surface area contributed by atoms with Crippen molar-refractivity contribution in [1.29, 1.82) is 0 Å². The number of rotatable bonds is 12. The highest BCUT2D eigenvalue weighted by Crippen LogP contribution is 2.45. The molecule has 13 heterocycles. The van der Waals surface area contributed by atoms with E-state index in [1.807, 2.05) is 27.7 Å². The van der Waals surface area contributed by atoms with Gasteiger partial charge in [0, 0.05) is 176 Å². The van der Waals surface area contributed by atoms with Crippen LogP contribution in [0.4, 0.5) is 0 Å². The fourth-order valence-electron chi connectivity index (χ4n) is 17.3. The van der Waals surface area contributed by atoms with E-state index in [4.69, 9.17) is 29.9 Å². The normalized spacial score (nSPS) is 14.8. The van der Waals surface area contributed by atoms with Gasteiger partial charge in [-0.3, -0.25) is 20.0 Å². The van der Waals surface area contributed by atoms with Crippen LogP contribution in [0.5, 0.6) is 0 Å². The highest BCUT2D eigenvalue weighted by molar-refractivity contribution is 7.24. The summed E-state index contributed by atoms with van der Waals surface area (Å²) >= 11 is 3.46. The molecule has 0 radical (unpaired) electrons. The summed E-state index contributed by atoms with van der Waals surface area (Å²) in [5.41, 5.74) is 43.0. The van der Waals surface area contributed by atoms with Crippen LogP contribution in [-0.2, 0) is 0 Å². The molecule has 0 atom stereocenters. The lowest BCUT2D eigenvalue weighted by molar-refractivity contribution is 1.23. The molecule has 7 aromatic heterocycles. The third-order valence-electron chi connectivity index (χ3n) is 23.8. The van der Waals surface area contributed by atoms with E-state index in [0.29, 0.717) is 0 Å². The van der Waals surface area contributed by atoms with Crippen molar-refractivity contribution in [2.75, 3.05) is 0 Å². The number of H-pyrrole nitrogens is 4. The van der Waals surface area contributed by atoms with Gasteiger partial charge in [0.1, 0.15) is 0 Å². The number of allylic oxidation sites excluding steroid dienone is 8. The van der Waals surface area contributed by atoms with E-state index in [1.165, 1.54) is 0 Å². The summed E-state index contributed by atoms with van der Waals surface area (Å²) in [7, 11) is 0. The Hall–Kier alpha value is -16.8. The molecule has 21 rings (SSSR count). The van der Waals surface area contributed by atoms with Crippen LogP contribution >= 0.6 is 22.7 Å². The van der Waals surface area contributed by atoms with Gasteiger partial charge in [-0.15, -0.1) is 22.7 Å². The van der Waals surface area contributed by atoms with Crippen molar-refractivity contribution in [2.45, 2.75) is 55.4 Å². The predicted molar refractivity (Wildman–Crippen MR) is 553 cm³/mol. The second kappa shape index (κ2) is 35.4. The number of nitrogens with zero attached hydrogens (tertiary/aromatic N) is 6. The summed E-state index contributed by atoms with van der Waals surface area (Å²) in [4.78, 5) is 45.3. The minimum Gasteiger partial charge on any atom is -0.359 e. The summed E-state index contributed by atoms with van der Waals surface area (Å²) < 4.78 is 4.15. The average Bonchev–Trinajstić information content (AvgIpc) is 1.61. The van der Waals surface area contributed by atoms with Crippen LogP contribution in [-0.4, -0.2) is 52.8 Å². The maximum absolute atomic E-state index is 5.79. The molecule has 0 aliphatic carbocycles. The predicted octanol–water partition coefficient (Wildman–Crippen LogP) is 28.1. The topological polar surface area (TPSA) is 138 Å². The van der Waals surface area contributed by atoms with Crippen molar-refractivity contribution in [3.8, 4) is 91.9 Å². The monoisotopic (exact) mass is 1730 g/mol. The van der Waals surface area contributed by atoms with Gasteiger partial charge in [0.25, 0.3) is 0 Å². The number of nitrogens with one attached hydrogen (secondary N) is 4. The zero-order chi connectivity index (χ0) is 89.5. The fourth-order valence-corrected chi connectivity index (χ4v) is 19.6. The second-order valence-electron chi connectivity index (χ2n) is 33.5. The maximum atomic E-state index is 5.79. The van der Waals surface area contributed by atoms with Gasteiger partial charge in [-0.2, -0.15) is 0 Å². The summed E-state index contributed by atoms with van der Waals surface area (Å²) in [6, 6.07) is 94.1. The number of thiophene rings is 2. The third kappa shape index (κ3) is 17.3. The zero-order valence-corrected chi connectivity index (χ0v) is 75.5. The molecule has 4 N–H and O–H groups in total. The van der Waals surface area contributed by atoms with Gasteiger partial charge in [0.15, 0.2) is 0 Å². The summed E-state index contributed by atoms with van der Waals surface area (Å²) in [6.45, 7) is 16.4. The molecule has 12 heteroatoms. The molecule has 10 nitrogen and oxygen atoms in total. The van der Waals surface area contributed by atoms with Crippen LogP contribution in [0.1, 0.15) is 163 Å². The van der Waals surface area contributed by atoms with Gasteiger partial charge in [0.2, 0.25) is 0 Å². The first-order valence-electron chi connectivity index (χ1n) is 44.0. The van der Waals surface area contributed by atoms with Crippen molar-refractivity contribution >= 4 is 111 Å². The van der Waals surface area contributed by atoms with Crippen LogP contribution in [0.3, 0.4) is 0 Å². The minimum atomic E-state index is 0.832. The molecule has 0 saturated carbocycles. The van der Waals surface area contributed by atoms with E-state index in [9.17, 15) is 0 Å². The highest BCUT2D eigenvalue weighted by Gasteiger charge is 2.24. The quantitative estimate of drug-likeness (QED) is 0.0906. The number of hydrogen-bond donors (Lipinski definition) is 4. The van der Waals surface area contributed by atoms with E-state index < -0.39 is 0 Å². The van der Waals surface area contributed by atoms with Gasteiger partial charge in [-0.05, 0) is 343 Å². The number of aromatic nitrogens is 6. The Morgan fingerprint density at radius 3 is 0.561 bits per heavy atom. The summed E-state index contributed by atoms with van der Waals surface area (Å²) in [5.74, 6) is 28.0. The average molecular weight is 1730 g/mol. The van der Waals surface area contributed by atoms with Gasteiger partial charge in [0.05, 0.1) is 45.6 Å². The van der Waals surface area contributed by atoms with E-state index in [-0.39, 0.29) is 0 Å². The van der Waals surface area contributed by atoms with Crippen LogP contribution < -0.4 is 0 Å². The first-order valence-corrected chi connectivity index (χ1v) is 45.6. The molecule has 0 unspecified atom stereocenters. The van der Waals surface area contributed by atoms with Gasteiger partial charge in [-0.1, -0.05) is 144 Å². The van der Waals surface area contributed by atoms with Gasteiger partial charge in [-0.25, -0.2) is 9.97 Å². The molecule has 6 aliphatic rings. The number of aromatic amines is 4. The number of aliphatic imine (C=N–C) groups is 4. The standard InChI is InChI=1S/C120H84N10S2/c1-73-9-57-97(121-73)113(98-58-10-74(2)122-98)89-41-25-81(26-42-89)17-21-85-33-49-93(50-34-85)117-105-65-66-106(129-105)118(94-51-35-86(36-52-94)22-18-82-27-43-90(44-28-82)114(99-59-11-75(3)123-99)100-60-12-76(4)124-100)111-71-72-112(132-111)120(96-55-39-88(40-56-96)24-20-84-31-47-92(48-32-84)116(103-63-15-79(7)127-103)104-64-16-80(8)128-104)108-68-67-107(130-108)119(110-70-69-109(117)131-110)95-53-37-87(38-54-95)23-19-83-29-45-91(46-30-83)115(101-61-13-77(5)125-101)102-62-14-78(6)126-102/h9-16,25-72,121,123,125,127H,1-8H3/b113-98-,114-100+,115-102+,116-104-,117-105?,117-109?,118-106?,118-111?,119-107?,119-110?,120-108?,120-112?. The Morgan fingerprint density at radius 1 is 0.205 bits per heavy atom. The molecule has 15 aromatic rings. The van der Waals surface area contributed by atoms with Crippen molar-refractivity contribution < 1.29 is 0 Å². The summed E-state index contributed by atoms with van der Waals surface area (Å²) in [6.07, 6.45) is 25.3. The molecular formula is C120H84N10S2. The molecule has 0 fully saturated rings. The molecule has 0 spiro atoms. The third-order valence-corrected chi connectivity index (χ3v) is 26.1. The molecular weight excluding hydrogens is 1650 g/mol. The van der Waals surface area contributed by atoms with Crippen LogP contribution in [0.15, 0.2) is 358 Å². The maximum Gasteiger partial charge on any atom is 0.0732 e. The van der Waals surface area contributed by atoms with Crippen LogP contribution in [0, 0.1) is 75.1 Å². The van der Waals surface area contributed by atoms with E-state index in [0.717, 1.165) is 266 Å². The lowest BCUT2D eigenvalue weighted by Gasteiger charge is -2.09. The van der Waals surface area contributed by atoms with Crippen molar-refractivity contribution in [3.05, 3.63) is 473 Å². The van der Waals surface area contributed by atoms with Crippen molar-refractivity contribution in [1.82, 2.24) is 29.9 Å². The minimum absolute atomic E-state index is 0.832. The van der Waals surface area contributed by atoms with E-state index >= 15 is 0 Å². The number of benzene rings is 8. The Morgan fingerprint density at radius 2 is 0.394 bits per heavy atom. The number of aryl methyl sites for hydroxylation is 4. The van der Waals surface area contributed by atoms with Crippen LogP contribution in [0.25, 0.3) is 110 Å². The first kappa shape index (κ1) is 82.2. The molecule has 626 valence electrons. The Balaban J connectivity index is 0.683. The second-order valence-corrected chi connectivity index (χ2v) is 35.7. The highest BCUT2D eigenvalue weighted by atomic mass is 32.1. The van der Waals surface area contributed by atoms with Crippen molar-refractivity contribution in [2.24, 2.45) is 20.0 Å². The first-order chi connectivity index (χ1) is 64.5. The number of hydrogen-bond acceptors (Lipinski definition) is 8. The lowest BCUT2D eigenvalue weighted by Crippen LogP contribution is -1.93. The smallest absolute Gasteiger partial charge is 0.0732 e. The molecule has 0 saturated heterocycles. The number of fused-ring (bicyclic) bond motifs is 8. The van der Waals surface area contributed by atoms with E-state index in [2.05, 4.69) is 435 Å². The molecule has 6 aliphatic heterocycles. The lowest BCUT2D eigenvalue weighted by atomic mass is 9.99. The SMILES string of the molecule is CC1=N/C(=C(/c2ccc(C#Cc3ccc(-c4c5nc(c(-c6ccc(C#Cc7ccc(/C(=C8/C=CC(C)=N8)c8ccc(C)[nH]8)cc7)cc6)c6ccc(s6)c(-c6ccc(C#Cc7ccc(/C(=C8\C=CC(C)=N8)c8ccc(C)[nH]8)cc7)cc6)c6nc(c(-c7ccc(C#Cc8ccc(/C(=C9/C=CC(C)=N9)c9ccc(C)[nH]9)cc8)cc7)c7ccc4s7)C=C6)C=C5)cc3)cc2)c2ccc(C)[nH]2)C=C1. The van der Waals surface area contributed by atoms with Crippen molar-refractivity contribution in [3.63, 3.8) is 0 Å². The largest absolute Gasteiger partial charge is 0.359 e. The Labute approximate surface area is 775 Å². The van der Waals surface area contributed by atoms with E-state index in [1.54, 1.807) is 22.7 Å². The van der Waals surface area contributed by atoms with Gasteiger partial charge >= 0.3 is 0 Å². The Bertz CT molecular complexity index is 7280. The Kier molecular flexibility index (Phi) is 22.0. The fraction of sp³-hybridized carbons (Fsp3) is 0.0667. The van der Waals surface area contributed by atoms with Gasteiger partial charge < -0.3 is 19.9 Å². The molecule has 8 aromatic carbocycles. The molecule has 0 amide bonds. The molecule has 132 heavy (non-hydrogen) atoms. The molecule has 8 bridgehead atoms. The zero-order valence-electron chi connectivity index (χ0n) is 73.8. The van der Waals surface area contributed by atoms with Crippen LogP contribution in [0.2, 0.25) is 0 Å².